The molecule has 1 rings (SSSR count). The van der Waals surface area contributed by atoms with Crippen LogP contribution in [0.2, 0.25) is 0 Å². The Hall–Kier alpha value is -1.30. The number of piperazine rings is 1. The minimum Gasteiger partial charge on any atom is -0.349 e. The van der Waals surface area contributed by atoms with Gasteiger partial charge in [0.25, 0.3) is 0 Å². The molecule has 0 bridgehead atoms. The van der Waals surface area contributed by atoms with Gasteiger partial charge in [-0.25, -0.2) is 4.79 Å². The monoisotopic (exact) mass is 284 g/mol. The highest BCUT2D eigenvalue weighted by Crippen LogP contribution is 2.05. The first-order valence-electron chi connectivity index (χ1n) is 7.35. The van der Waals surface area contributed by atoms with Crippen LogP contribution >= 0.6 is 0 Å². The fourth-order valence-electron chi connectivity index (χ4n) is 2.26. The van der Waals surface area contributed by atoms with Gasteiger partial charge >= 0.3 is 6.03 Å². The lowest BCUT2D eigenvalue weighted by molar-refractivity contribution is -0.128. The second-order valence-electron chi connectivity index (χ2n) is 5.95. The van der Waals surface area contributed by atoms with Crippen molar-refractivity contribution in [3.8, 4) is 0 Å². The number of rotatable bonds is 5. The van der Waals surface area contributed by atoms with E-state index >= 15 is 0 Å². The van der Waals surface area contributed by atoms with Crippen molar-refractivity contribution >= 4 is 11.9 Å². The van der Waals surface area contributed by atoms with Crippen LogP contribution in [0, 0.1) is 5.92 Å². The number of hydrogen-bond donors (Lipinski definition) is 1. The van der Waals surface area contributed by atoms with Crippen molar-refractivity contribution in [2.45, 2.75) is 20.3 Å². The van der Waals surface area contributed by atoms with E-state index in [0.717, 1.165) is 32.7 Å². The molecule has 20 heavy (non-hydrogen) atoms. The molecule has 0 spiro atoms. The highest BCUT2D eigenvalue weighted by molar-refractivity contribution is 5.78. The summed E-state index contributed by atoms with van der Waals surface area (Å²) in [6.45, 7) is 9.31. The number of carbonyl (C=O) groups is 2. The fourth-order valence-corrected chi connectivity index (χ4v) is 2.26. The van der Waals surface area contributed by atoms with Gasteiger partial charge in [0.15, 0.2) is 0 Å². The number of nitrogens with zero attached hydrogens (tertiary/aromatic N) is 3. The molecule has 1 saturated heterocycles. The van der Waals surface area contributed by atoms with Crippen LogP contribution in [0.25, 0.3) is 0 Å². The van der Waals surface area contributed by atoms with Gasteiger partial charge in [0.1, 0.15) is 0 Å². The predicted octanol–water partition coefficient (Wildman–Crippen LogP) is 0.448. The van der Waals surface area contributed by atoms with Crippen LogP contribution in [0.15, 0.2) is 0 Å². The summed E-state index contributed by atoms with van der Waals surface area (Å²) in [5.74, 6) is 0.694. The van der Waals surface area contributed by atoms with Crippen molar-refractivity contribution in [2.24, 2.45) is 5.92 Å². The minimum atomic E-state index is -0.0549. The summed E-state index contributed by atoms with van der Waals surface area (Å²) in [7, 11) is 3.44. The first kappa shape index (κ1) is 16.8. The average Bonchev–Trinajstić information content (AvgIpc) is 2.38. The minimum absolute atomic E-state index is 0.0343. The Balaban J connectivity index is 2.21. The van der Waals surface area contributed by atoms with E-state index in [0.29, 0.717) is 18.9 Å². The van der Waals surface area contributed by atoms with Crippen molar-refractivity contribution in [3.63, 3.8) is 0 Å². The van der Waals surface area contributed by atoms with Crippen LogP contribution in [0.5, 0.6) is 0 Å². The predicted molar refractivity (Wildman–Crippen MR) is 79.6 cm³/mol. The third-order valence-corrected chi connectivity index (χ3v) is 3.40. The topological polar surface area (TPSA) is 55.9 Å². The molecule has 6 heteroatoms. The number of urea groups is 1. The molecule has 1 heterocycles. The molecule has 1 aliphatic heterocycles. The van der Waals surface area contributed by atoms with Gasteiger partial charge in [-0.3, -0.25) is 9.69 Å². The van der Waals surface area contributed by atoms with Crippen LogP contribution in [0.1, 0.15) is 20.3 Å². The van der Waals surface area contributed by atoms with Crippen LogP contribution in [-0.4, -0.2) is 80.0 Å². The lowest BCUT2D eigenvalue weighted by atomic mass is 10.2. The molecule has 0 radical (unpaired) electrons. The van der Waals surface area contributed by atoms with Crippen molar-refractivity contribution in [3.05, 3.63) is 0 Å². The maximum Gasteiger partial charge on any atom is 0.317 e. The largest absolute Gasteiger partial charge is 0.349 e. The summed E-state index contributed by atoms with van der Waals surface area (Å²) in [6.07, 6.45) is 0.353. The molecule has 0 atom stereocenters. The van der Waals surface area contributed by atoms with Gasteiger partial charge in [0.05, 0.1) is 0 Å². The quantitative estimate of drug-likeness (QED) is 0.797. The summed E-state index contributed by atoms with van der Waals surface area (Å²) in [5, 5.41) is 2.81. The van der Waals surface area contributed by atoms with Gasteiger partial charge in [0, 0.05) is 59.8 Å². The smallest absolute Gasteiger partial charge is 0.317 e. The molecule has 0 unspecified atom stereocenters. The van der Waals surface area contributed by atoms with E-state index < -0.39 is 0 Å². The van der Waals surface area contributed by atoms with Crippen molar-refractivity contribution < 1.29 is 9.59 Å². The Morgan fingerprint density at radius 1 is 1.15 bits per heavy atom. The summed E-state index contributed by atoms with van der Waals surface area (Å²) in [4.78, 5) is 29.1. The summed E-state index contributed by atoms with van der Waals surface area (Å²) in [5.41, 5.74) is 0. The Bertz CT molecular complexity index is 323. The number of carbonyl (C=O) groups excluding carboxylic acids is 2. The van der Waals surface area contributed by atoms with Crippen LogP contribution in [0.4, 0.5) is 4.79 Å². The standard InChI is InChI=1S/C14H28N4O2/c1-12(2)11-17-7-9-18(10-8-17)14(20)15-6-5-13(19)16(3)4/h12H,5-11H2,1-4H3,(H,15,20). The molecule has 0 saturated carbocycles. The zero-order valence-electron chi connectivity index (χ0n) is 13.2. The Kier molecular flexibility index (Phi) is 6.78. The highest BCUT2D eigenvalue weighted by Gasteiger charge is 2.21. The zero-order valence-corrected chi connectivity index (χ0v) is 13.2. The van der Waals surface area contributed by atoms with Gasteiger partial charge in [-0.2, -0.15) is 0 Å². The molecule has 0 aromatic carbocycles. The lowest BCUT2D eigenvalue weighted by Crippen LogP contribution is -2.52. The molecule has 1 N–H and O–H groups in total. The van der Waals surface area contributed by atoms with Crippen molar-refractivity contribution in [1.29, 1.82) is 0 Å². The molecule has 116 valence electrons. The van der Waals surface area contributed by atoms with E-state index in [-0.39, 0.29) is 11.9 Å². The second-order valence-corrected chi connectivity index (χ2v) is 5.95. The number of hydrogen-bond acceptors (Lipinski definition) is 3. The Morgan fingerprint density at radius 2 is 1.75 bits per heavy atom. The van der Waals surface area contributed by atoms with E-state index in [1.807, 2.05) is 4.90 Å². The molecular weight excluding hydrogens is 256 g/mol. The van der Waals surface area contributed by atoms with Crippen LogP contribution in [-0.2, 0) is 4.79 Å². The molecule has 3 amide bonds. The highest BCUT2D eigenvalue weighted by atomic mass is 16.2. The first-order valence-corrected chi connectivity index (χ1v) is 7.35. The Labute approximate surface area is 122 Å². The van der Waals surface area contributed by atoms with E-state index in [1.165, 1.54) is 4.90 Å². The summed E-state index contributed by atoms with van der Waals surface area (Å²) < 4.78 is 0. The zero-order chi connectivity index (χ0) is 15.1. The third-order valence-electron chi connectivity index (χ3n) is 3.40. The number of amides is 3. The maximum absolute atomic E-state index is 11.9. The molecule has 1 fully saturated rings. The average molecular weight is 284 g/mol. The maximum atomic E-state index is 11.9. The normalized spacial score (nSPS) is 16.4. The van der Waals surface area contributed by atoms with E-state index in [9.17, 15) is 9.59 Å². The fraction of sp³-hybridized carbons (Fsp3) is 0.857. The summed E-state index contributed by atoms with van der Waals surface area (Å²) in [6, 6.07) is -0.0549. The van der Waals surface area contributed by atoms with Gasteiger partial charge in [-0.15, -0.1) is 0 Å². The summed E-state index contributed by atoms with van der Waals surface area (Å²) >= 11 is 0. The number of nitrogens with one attached hydrogen (secondary N) is 1. The van der Waals surface area contributed by atoms with E-state index in [4.69, 9.17) is 0 Å². The van der Waals surface area contributed by atoms with Gasteiger partial charge in [0.2, 0.25) is 5.91 Å². The first-order chi connectivity index (χ1) is 9.40. The van der Waals surface area contributed by atoms with Crippen molar-refractivity contribution in [2.75, 3.05) is 53.4 Å². The van der Waals surface area contributed by atoms with Gasteiger partial charge in [-0.05, 0) is 5.92 Å². The van der Waals surface area contributed by atoms with E-state index in [2.05, 4.69) is 24.1 Å². The molecule has 0 aromatic rings. The lowest BCUT2D eigenvalue weighted by Gasteiger charge is -2.35. The van der Waals surface area contributed by atoms with Crippen LogP contribution < -0.4 is 5.32 Å². The van der Waals surface area contributed by atoms with E-state index in [1.54, 1.807) is 14.1 Å². The van der Waals surface area contributed by atoms with Crippen molar-refractivity contribution in [1.82, 2.24) is 20.0 Å². The van der Waals surface area contributed by atoms with Gasteiger partial charge in [-0.1, -0.05) is 13.8 Å². The Morgan fingerprint density at radius 3 is 2.25 bits per heavy atom. The molecule has 1 aliphatic rings. The second kappa shape index (κ2) is 8.09. The molecule has 0 aliphatic carbocycles. The van der Waals surface area contributed by atoms with Crippen LogP contribution in [0.3, 0.4) is 0 Å². The van der Waals surface area contributed by atoms with Gasteiger partial charge < -0.3 is 15.1 Å². The molecule has 6 nitrogen and oxygen atoms in total. The molecular formula is C14H28N4O2. The SMILES string of the molecule is CC(C)CN1CCN(C(=O)NCCC(=O)N(C)C)CC1. The third kappa shape index (κ3) is 5.77. The molecule has 0 aromatic heterocycles.